The molecule has 0 saturated carbocycles. The highest BCUT2D eigenvalue weighted by molar-refractivity contribution is 6.36. The van der Waals surface area contributed by atoms with E-state index in [1.54, 1.807) is 0 Å². The molecule has 0 radical (unpaired) electrons. The maximum atomic E-state index is 9.78. The summed E-state index contributed by atoms with van der Waals surface area (Å²) in [6.45, 7) is 3.86. The molecule has 0 N–H and O–H groups in total. The number of aryl methyl sites for hydroxylation is 2. The molecule has 11 aromatic carbocycles. The molecule has 2 aliphatic carbocycles. The molecule has 2 aliphatic rings. The average molecular weight is 1000 g/mol. The van der Waals surface area contributed by atoms with E-state index >= 15 is 0 Å². The maximum absolute atomic E-state index is 9.78. The summed E-state index contributed by atoms with van der Waals surface area (Å²) < 4.78 is 67.7. The van der Waals surface area contributed by atoms with Crippen LogP contribution in [-0.4, -0.2) is 17.9 Å². The van der Waals surface area contributed by atoms with Crippen molar-refractivity contribution >= 4 is 120 Å². The van der Waals surface area contributed by atoms with Gasteiger partial charge in [-0.25, -0.2) is 0 Å². The van der Waals surface area contributed by atoms with Gasteiger partial charge in [0, 0.05) is 95.1 Å². The Kier molecular flexibility index (Phi) is 6.37. The molecule has 78 heavy (non-hydrogen) atoms. The monoisotopic (exact) mass is 1000 g/mol. The molecule has 6 aromatic heterocycles. The first-order valence-electron chi connectivity index (χ1n) is 30.3. The fourth-order valence-corrected chi connectivity index (χ4v) is 16.0. The van der Waals surface area contributed by atoms with Gasteiger partial charge in [-0.2, -0.15) is 0 Å². The van der Waals surface area contributed by atoms with Crippen molar-refractivity contribution in [1.82, 2.24) is 17.9 Å². The molecule has 19 rings (SSSR count). The lowest BCUT2D eigenvalue weighted by Crippen LogP contribution is -2.15. The Balaban J connectivity index is 0.952. The van der Waals surface area contributed by atoms with Crippen molar-refractivity contribution in [2.24, 2.45) is 0 Å². The predicted octanol–water partition coefficient (Wildman–Crippen LogP) is 19.4. The van der Waals surface area contributed by atoms with Crippen LogP contribution in [0, 0.1) is 13.7 Å². The van der Waals surface area contributed by atoms with Crippen LogP contribution in [0.5, 0.6) is 0 Å². The highest BCUT2D eigenvalue weighted by Gasteiger charge is 2.38. The zero-order valence-corrected chi connectivity index (χ0v) is 43.3. The van der Waals surface area contributed by atoms with Crippen LogP contribution in [0.25, 0.3) is 153 Å². The summed E-state index contributed by atoms with van der Waals surface area (Å²) in [5, 5.41) is 10.5. The van der Waals surface area contributed by atoms with Crippen LogP contribution in [0.3, 0.4) is 0 Å². The van der Waals surface area contributed by atoms with Crippen LogP contribution >= 0.6 is 0 Å². The minimum Gasteiger partial charge on any atom is -0.309 e. The minimum atomic E-state index is -2.69. The molecule has 0 fully saturated rings. The quantitative estimate of drug-likeness (QED) is 0.164. The third-order valence-corrected chi connectivity index (χ3v) is 19.3. The first-order valence-corrected chi connectivity index (χ1v) is 27.3. The lowest BCUT2D eigenvalue weighted by molar-refractivity contribution is 0.660. The first kappa shape index (κ1) is 36.6. The number of aromatic nitrogens is 4. The van der Waals surface area contributed by atoms with Crippen molar-refractivity contribution in [2.45, 2.75) is 52.2 Å². The number of hydrogen-bond acceptors (Lipinski definition) is 0. The zero-order chi connectivity index (χ0) is 56.6. The predicted molar refractivity (Wildman–Crippen MR) is 329 cm³/mol. The molecule has 0 amide bonds. The molecule has 0 bridgehead atoms. The Bertz CT molecular complexity index is 5530. The van der Waals surface area contributed by atoms with E-state index in [2.05, 4.69) is 215 Å². The van der Waals surface area contributed by atoms with E-state index in [9.17, 15) is 8.22 Å². The van der Waals surface area contributed by atoms with E-state index in [0.29, 0.717) is 32.6 Å². The third kappa shape index (κ3) is 4.57. The van der Waals surface area contributed by atoms with Gasteiger partial charge < -0.3 is 17.9 Å². The summed E-state index contributed by atoms with van der Waals surface area (Å²) in [5.41, 5.74) is 20.3. The number of fused-ring (bicyclic) bond motifs is 26. The highest BCUT2D eigenvalue weighted by Crippen LogP contribution is 2.54. The molecule has 0 saturated heterocycles. The van der Waals surface area contributed by atoms with E-state index in [4.69, 9.17) is 0 Å². The van der Waals surface area contributed by atoms with Crippen molar-refractivity contribution in [3.63, 3.8) is 0 Å². The van der Waals surface area contributed by atoms with Crippen molar-refractivity contribution in [2.75, 3.05) is 0 Å². The molecule has 17 aromatic rings. The fourth-order valence-electron chi connectivity index (χ4n) is 16.0. The van der Waals surface area contributed by atoms with Gasteiger partial charge in [-0.1, -0.05) is 173 Å². The number of para-hydroxylation sites is 4. The number of nitrogens with zero attached hydrogens (tertiary/aromatic N) is 4. The molecule has 0 aliphatic heterocycles. The smallest absolute Gasteiger partial charge is 0.0641 e. The molecule has 0 unspecified atom stereocenters. The largest absolute Gasteiger partial charge is 0.309 e. The van der Waals surface area contributed by atoms with Crippen LogP contribution in [-0.2, 0) is 10.8 Å². The fraction of sp³-hybridized carbons (Fsp3) is 0.108. The Morgan fingerprint density at radius 3 is 1.13 bits per heavy atom. The molecule has 0 spiro atoms. The number of benzene rings is 11. The Morgan fingerprint density at radius 2 is 0.679 bits per heavy atom. The highest BCUT2D eigenvalue weighted by atomic mass is 15.0. The maximum Gasteiger partial charge on any atom is 0.0641 e. The van der Waals surface area contributed by atoms with Gasteiger partial charge in [0.1, 0.15) is 0 Å². The van der Waals surface area contributed by atoms with E-state index in [1.807, 2.05) is 24.3 Å². The van der Waals surface area contributed by atoms with Gasteiger partial charge in [0.25, 0.3) is 0 Å². The van der Waals surface area contributed by atoms with Gasteiger partial charge in [0.2, 0.25) is 0 Å². The van der Waals surface area contributed by atoms with Crippen molar-refractivity contribution in [3.8, 4) is 33.6 Å². The van der Waals surface area contributed by atoms with Crippen LogP contribution in [0.4, 0.5) is 0 Å². The summed E-state index contributed by atoms with van der Waals surface area (Å²) >= 11 is 0. The van der Waals surface area contributed by atoms with E-state index in [0.717, 1.165) is 98.6 Å². The second-order valence-electron chi connectivity index (χ2n) is 23.5. The molecule has 0 atom stereocenters. The van der Waals surface area contributed by atoms with Gasteiger partial charge >= 0.3 is 0 Å². The van der Waals surface area contributed by atoms with E-state index in [1.165, 1.54) is 44.5 Å². The Hall–Kier alpha value is -9.38. The third-order valence-electron chi connectivity index (χ3n) is 19.3. The molecular weight excluding hydrogens is 945 g/mol. The van der Waals surface area contributed by atoms with Gasteiger partial charge in [-0.3, -0.25) is 0 Å². The second-order valence-corrected chi connectivity index (χ2v) is 23.5. The molecule has 6 heterocycles. The summed E-state index contributed by atoms with van der Waals surface area (Å²) in [5.74, 6) is 0. The van der Waals surface area contributed by atoms with Gasteiger partial charge in [-0.05, 0) is 118 Å². The van der Waals surface area contributed by atoms with Crippen molar-refractivity contribution in [3.05, 3.63) is 228 Å². The number of rotatable bonds is 2. The van der Waals surface area contributed by atoms with Crippen LogP contribution in [0.15, 0.2) is 194 Å². The summed E-state index contributed by atoms with van der Waals surface area (Å²) in [6.07, 6.45) is 0. The molecular formula is C74H50N4. The molecule has 4 nitrogen and oxygen atoms in total. The number of hydrogen-bond donors (Lipinski definition) is 0. The second kappa shape index (κ2) is 13.6. The molecule has 4 heteroatoms. The standard InChI is InChI=1S/C74H50N4/c1-39-63-51-21-15-23-53-66-62(36-34-50-48-20-10-14-28-60(48)76(72(50)66)42-30-32-46-44-18-8-12-26-56(44)74(5,6)58(46)38-42)78(69(51)53)68(63)40(2)64-52-22-16-24-54-65-61(77(67(39)64)70(52)54)35-33-49-47-19-9-13-27-59(47)75(71(49)65)41-29-31-45-43-17-7-11-25-55(43)73(3,4)57(45)37-41/h7-38H,1-6H3/i1D3,2D3. The SMILES string of the molecule is [2H]C([2H])([2H])c1c2c3cccc4c5c6c(ccc5n(c2c(C([2H])([2H])[2H])c2c5cccc7c8c9c(ccc8n(c12)c57)c1ccccc1n9-c1ccc2c(c1)C(C)(C)c1ccccc1-2)c34)c1ccccc1n6-c1ccc2c(c1)C(C)(C)c1ccccc1-2. The lowest BCUT2D eigenvalue weighted by atomic mass is 9.82. The normalized spacial score (nSPS) is 16.2. The van der Waals surface area contributed by atoms with Gasteiger partial charge in [-0.15, -0.1) is 0 Å². The van der Waals surface area contributed by atoms with E-state index in [-0.39, 0.29) is 22.0 Å². The topological polar surface area (TPSA) is 18.7 Å². The minimum absolute atomic E-state index is 0.151. The van der Waals surface area contributed by atoms with Crippen LogP contribution in [0.2, 0.25) is 0 Å². The average Bonchev–Trinajstić information content (AvgIpc) is 1.51. The summed E-state index contributed by atoms with van der Waals surface area (Å²) in [7, 11) is 0. The van der Waals surface area contributed by atoms with Crippen molar-refractivity contribution < 1.29 is 8.22 Å². The van der Waals surface area contributed by atoms with Gasteiger partial charge in [0.05, 0.1) is 55.2 Å². The van der Waals surface area contributed by atoms with E-state index < -0.39 is 13.7 Å². The lowest BCUT2D eigenvalue weighted by Gasteiger charge is -2.22. The first-order chi connectivity index (χ1) is 40.5. The summed E-state index contributed by atoms with van der Waals surface area (Å²) in [6, 6.07) is 69.3. The van der Waals surface area contributed by atoms with Crippen LogP contribution < -0.4 is 0 Å². The Morgan fingerprint density at radius 1 is 0.295 bits per heavy atom. The molecule has 366 valence electrons. The van der Waals surface area contributed by atoms with Crippen LogP contribution in [0.1, 0.15) is 69.3 Å². The zero-order valence-electron chi connectivity index (χ0n) is 49.3. The Labute approximate surface area is 457 Å². The summed E-state index contributed by atoms with van der Waals surface area (Å²) in [4.78, 5) is 0. The van der Waals surface area contributed by atoms with Crippen molar-refractivity contribution in [1.29, 1.82) is 0 Å². The van der Waals surface area contributed by atoms with Gasteiger partial charge in [0.15, 0.2) is 0 Å².